The Hall–Kier alpha value is -3.04. The fourth-order valence-corrected chi connectivity index (χ4v) is 2.66. The van der Waals surface area contributed by atoms with Crippen LogP contribution in [0.1, 0.15) is 29.9 Å². The predicted octanol–water partition coefficient (Wildman–Crippen LogP) is 3.82. The molecule has 0 N–H and O–H groups in total. The lowest BCUT2D eigenvalue weighted by Gasteiger charge is -2.18. The zero-order valence-corrected chi connectivity index (χ0v) is 14.6. The molecule has 3 rings (SSSR count). The molecule has 10 heteroatoms. The second kappa shape index (κ2) is 6.93. The number of hydrogen-bond acceptors (Lipinski definition) is 5. The van der Waals surface area contributed by atoms with Gasteiger partial charge in [-0.3, -0.25) is 0 Å². The third-order valence-corrected chi connectivity index (χ3v) is 4.02. The molecule has 1 unspecified atom stereocenters. The summed E-state index contributed by atoms with van der Waals surface area (Å²) in [5.74, 6) is 0.103. The Morgan fingerprint density at radius 1 is 1.15 bits per heavy atom. The number of rotatable bonds is 4. The minimum Gasteiger partial charge on any atom is -0.481 e. The summed E-state index contributed by atoms with van der Waals surface area (Å²) in [5, 5.41) is 7.83. The fourth-order valence-electron chi connectivity index (χ4n) is 2.66. The van der Waals surface area contributed by atoms with Gasteiger partial charge in [0.05, 0.1) is 18.7 Å². The fraction of sp³-hybridized carbons (Fsp3) is 0.294. The smallest absolute Gasteiger partial charge is 0.416 e. The number of aromatic nitrogens is 5. The van der Waals surface area contributed by atoms with Gasteiger partial charge in [0.1, 0.15) is 23.7 Å². The Morgan fingerprint density at radius 2 is 1.89 bits per heavy atom. The van der Waals surface area contributed by atoms with Crippen molar-refractivity contribution >= 4 is 0 Å². The SMILES string of the molecule is COc1cc(-c2nncn2C(C)c2ccc(C(F)(F)F)cc2F)nc(C)n1. The summed E-state index contributed by atoms with van der Waals surface area (Å²) < 4.78 is 59.2. The van der Waals surface area contributed by atoms with E-state index in [0.717, 1.165) is 12.1 Å². The van der Waals surface area contributed by atoms with E-state index in [1.807, 2.05) is 0 Å². The van der Waals surface area contributed by atoms with E-state index < -0.39 is 23.6 Å². The molecule has 2 aromatic heterocycles. The first kappa shape index (κ1) is 18.7. The predicted molar refractivity (Wildman–Crippen MR) is 87.6 cm³/mol. The first-order chi connectivity index (χ1) is 12.7. The number of hydrogen-bond donors (Lipinski definition) is 0. The second-order valence-electron chi connectivity index (χ2n) is 5.81. The van der Waals surface area contributed by atoms with Crippen molar-refractivity contribution in [3.63, 3.8) is 0 Å². The van der Waals surface area contributed by atoms with Gasteiger partial charge in [-0.2, -0.15) is 18.2 Å². The lowest BCUT2D eigenvalue weighted by molar-refractivity contribution is -0.137. The maximum Gasteiger partial charge on any atom is 0.416 e. The Kier molecular flexibility index (Phi) is 4.81. The third kappa shape index (κ3) is 3.74. The second-order valence-corrected chi connectivity index (χ2v) is 5.81. The minimum absolute atomic E-state index is 0.0711. The van der Waals surface area contributed by atoms with Crippen molar-refractivity contribution in [1.29, 1.82) is 0 Å². The molecule has 1 aromatic carbocycles. The van der Waals surface area contributed by atoms with Gasteiger partial charge in [-0.25, -0.2) is 9.37 Å². The van der Waals surface area contributed by atoms with Gasteiger partial charge in [-0.1, -0.05) is 6.07 Å². The Bertz CT molecular complexity index is 970. The van der Waals surface area contributed by atoms with Gasteiger partial charge in [-0.15, -0.1) is 10.2 Å². The van der Waals surface area contributed by atoms with E-state index in [-0.39, 0.29) is 5.56 Å². The van der Waals surface area contributed by atoms with Crippen LogP contribution in [0.25, 0.3) is 11.5 Å². The summed E-state index contributed by atoms with van der Waals surface area (Å²) in [6, 6.07) is 3.31. The number of nitrogens with zero attached hydrogens (tertiary/aromatic N) is 5. The Balaban J connectivity index is 2.02. The van der Waals surface area contributed by atoms with Crippen molar-refractivity contribution in [2.45, 2.75) is 26.1 Å². The van der Waals surface area contributed by atoms with Gasteiger partial charge < -0.3 is 9.30 Å². The molecule has 3 aromatic rings. The van der Waals surface area contributed by atoms with Gasteiger partial charge in [0.25, 0.3) is 0 Å². The van der Waals surface area contributed by atoms with Crippen LogP contribution in [-0.2, 0) is 6.18 Å². The standard InChI is InChI=1S/C17H15F4N5O/c1-9(12-5-4-11(6-13(12)18)17(19,20)21)26-8-22-25-16(26)14-7-15(27-3)24-10(2)23-14/h4-9H,1-3H3. The summed E-state index contributed by atoms with van der Waals surface area (Å²) in [7, 11) is 1.45. The van der Waals surface area contributed by atoms with E-state index in [9.17, 15) is 17.6 Å². The minimum atomic E-state index is -4.61. The molecule has 6 nitrogen and oxygen atoms in total. The van der Waals surface area contributed by atoms with Gasteiger partial charge in [0.15, 0.2) is 5.82 Å². The molecular weight excluding hydrogens is 366 g/mol. The van der Waals surface area contributed by atoms with E-state index in [1.54, 1.807) is 19.9 Å². The molecule has 0 fully saturated rings. The highest BCUT2D eigenvalue weighted by molar-refractivity contribution is 5.51. The average molecular weight is 381 g/mol. The van der Waals surface area contributed by atoms with Gasteiger partial charge in [0, 0.05) is 11.6 Å². The maximum absolute atomic E-state index is 14.3. The van der Waals surface area contributed by atoms with Crippen LogP contribution in [0.15, 0.2) is 30.6 Å². The monoisotopic (exact) mass is 381 g/mol. The quantitative estimate of drug-likeness (QED) is 0.643. The van der Waals surface area contributed by atoms with Crippen LogP contribution < -0.4 is 4.74 Å². The molecule has 0 aliphatic rings. The van der Waals surface area contributed by atoms with Crippen molar-refractivity contribution in [3.8, 4) is 17.4 Å². The first-order valence-electron chi connectivity index (χ1n) is 7.87. The molecular formula is C17H15F4N5O. The van der Waals surface area contributed by atoms with E-state index in [0.29, 0.717) is 29.3 Å². The third-order valence-electron chi connectivity index (χ3n) is 4.02. The Labute approximate surface area is 151 Å². The number of aryl methyl sites for hydroxylation is 1. The number of halogens is 4. The van der Waals surface area contributed by atoms with Crippen molar-refractivity contribution in [2.75, 3.05) is 7.11 Å². The lowest BCUT2D eigenvalue weighted by atomic mass is 10.0. The van der Waals surface area contributed by atoms with E-state index in [4.69, 9.17) is 4.74 Å². The van der Waals surface area contributed by atoms with Gasteiger partial charge in [-0.05, 0) is 26.0 Å². The zero-order chi connectivity index (χ0) is 19.8. The highest BCUT2D eigenvalue weighted by atomic mass is 19.4. The largest absolute Gasteiger partial charge is 0.481 e. The van der Waals surface area contributed by atoms with Crippen LogP contribution in [0.2, 0.25) is 0 Å². The molecule has 0 radical (unpaired) electrons. The number of alkyl halides is 3. The Morgan fingerprint density at radius 3 is 2.52 bits per heavy atom. The lowest BCUT2D eigenvalue weighted by Crippen LogP contribution is -2.12. The molecule has 27 heavy (non-hydrogen) atoms. The highest BCUT2D eigenvalue weighted by Crippen LogP contribution is 2.33. The number of benzene rings is 1. The molecule has 0 saturated carbocycles. The van der Waals surface area contributed by atoms with Crippen LogP contribution >= 0.6 is 0 Å². The van der Waals surface area contributed by atoms with Crippen LogP contribution in [0.5, 0.6) is 5.88 Å². The molecule has 0 bridgehead atoms. The molecule has 1 atom stereocenters. The van der Waals surface area contributed by atoms with Crippen LogP contribution in [0.4, 0.5) is 17.6 Å². The summed E-state index contributed by atoms with van der Waals surface area (Å²) >= 11 is 0. The molecule has 0 amide bonds. The summed E-state index contributed by atoms with van der Waals surface area (Å²) in [6.07, 6.45) is -3.25. The average Bonchev–Trinajstić information content (AvgIpc) is 3.09. The van der Waals surface area contributed by atoms with Crippen LogP contribution in [0, 0.1) is 12.7 Å². The van der Waals surface area contributed by atoms with Gasteiger partial charge >= 0.3 is 6.18 Å². The van der Waals surface area contributed by atoms with E-state index >= 15 is 0 Å². The zero-order valence-electron chi connectivity index (χ0n) is 14.6. The van der Waals surface area contributed by atoms with Gasteiger partial charge in [0.2, 0.25) is 5.88 Å². The summed E-state index contributed by atoms with van der Waals surface area (Å²) in [4.78, 5) is 8.36. The van der Waals surface area contributed by atoms with E-state index in [1.165, 1.54) is 18.0 Å². The van der Waals surface area contributed by atoms with Crippen LogP contribution in [0.3, 0.4) is 0 Å². The van der Waals surface area contributed by atoms with Crippen molar-refractivity contribution < 1.29 is 22.3 Å². The number of ether oxygens (including phenoxy) is 1. The first-order valence-corrected chi connectivity index (χ1v) is 7.87. The summed E-state index contributed by atoms with van der Waals surface area (Å²) in [5.41, 5.74) is -0.575. The molecule has 142 valence electrons. The highest BCUT2D eigenvalue weighted by Gasteiger charge is 2.31. The van der Waals surface area contributed by atoms with E-state index in [2.05, 4.69) is 20.2 Å². The van der Waals surface area contributed by atoms with Crippen molar-refractivity contribution in [2.24, 2.45) is 0 Å². The molecule has 0 saturated heterocycles. The van der Waals surface area contributed by atoms with Crippen molar-refractivity contribution in [1.82, 2.24) is 24.7 Å². The van der Waals surface area contributed by atoms with Crippen molar-refractivity contribution in [3.05, 3.63) is 53.4 Å². The summed E-state index contributed by atoms with van der Waals surface area (Å²) in [6.45, 7) is 3.30. The normalized spacial score (nSPS) is 12.9. The maximum atomic E-state index is 14.3. The molecule has 2 heterocycles. The molecule has 0 aliphatic carbocycles. The number of methoxy groups -OCH3 is 1. The molecule has 0 spiro atoms. The topological polar surface area (TPSA) is 65.7 Å². The van der Waals surface area contributed by atoms with Crippen LogP contribution in [-0.4, -0.2) is 31.8 Å². The molecule has 0 aliphatic heterocycles.